The standard InChI is InChI=1S/C10H16O2/c1-6-3-4-8-7(2)10(11)12-9(8)5-6/h6-9H,3-5H2,1-2H3/t6-,7+,8+,9+/m1/s1. The number of hydrogen-bond acceptors (Lipinski definition) is 2. The van der Waals surface area contributed by atoms with E-state index >= 15 is 0 Å². The summed E-state index contributed by atoms with van der Waals surface area (Å²) in [7, 11) is 0. The number of fused-ring (bicyclic) bond motifs is 1. The monoisotopic (exact) mass is 168 g/mol. The highest BCUT2D eigenvalue weighted by atomic mass is 16.6. The summed E-state index contributed by atoms with van der Waals surface area (Å²) in [5.74, 6) is 1.44. The fraction of sp³-hybridized carbons (Fsp3) is 0.900. The number of rotatable bonds is 0. The van der Waals surface area contributed by atoms with Crippen LogP contribution in [0.1, 0.15) is 33.1 Å². The molecule has 2 fully saturated rings. The number of carbonyl (C=O) groups is 1. The Morgan fingerprint density at radius 2 is 2.08 bits per heavy atom. The lowest BCUT2D eigenvalue weighted by Crippen LogP contribution is -2.27. The van der Waals surface area contributed by atoms with Gasteiger partial charge in [0.25, 0.3) is 0 Å². The van der Waals surface area contributed by atoms with Crippen molar-refractivity contribution in [3.63, 3.8) is 0 Å². The van der Waals surface area contributed by atoms with Crippen LogP contribution in [0.2, 0.25) is 0 Å². The van der Waals surface area contributed by atoms with Gasteiger partial charge in [0, 0.05) is 5.92 Å². The molecule has 0 aromatic heterocycles. The molecule has 12 heavy (non-hydrogen) atoms. The lowest BCUT2D eigenvalue weighted by Gasteiger charge is -2.28. The molecule has 0 aromatic rings. The first kappa shape index (κ1) is 8.09. The van der Waals surface area contributed by atoms with Gasteiger partial charge in [-0.25, -0.2) is 0 Å². The van der Waals surface area contributed by atoms with Gasteiger partial charge in [-0.15, -0.1) is 0 Å². The van der Waals surface area contributed by atoms with Gasteiger partial charge in [-0.05, 0) is 18.8 Å². The Bertz CT molecular complexity index is 200. The van der Waals surface area contributed by atoms with Crippen molar-refractivity contribution >= 4 is 5.97 Å². The van der Waals surface area contributed by atoms with E-state index in [0.717, 1.165) is 12.3 Å². The van der Waals surface area contributed by atoms with Crippen molar-refractivity contribution < 1.29 is 9.53 Å². The predicted molar refractivity (Wildman–Crippen MR) is 45.5 cm³/mol. The van der Waals surface area contributed by atoms with E-state index in [1.807, 2.05) is 6.92 Å². The molecular formula is C10H16O2. The molecule has 0 radical (unpaired) electrons. The van der Waals surface area contributed by atoms with Crippen molar-refractivity contribution in [3.05, 3.63) is 0 Å². The summed E-state index contributed by atoms with van der Waals surface area (Å²) in [6, 6.07) is 0. The number of esters is 1. The third-order valence-electron chi connectivity index (χ3n) is 3.39. The first-order chi connectivity index (χ1) is 5.68. The molecule has 0 unspecified atom stereocenters. The van der Waals surface area contributed by atoms with Crippen molar-refractivity contribution in [2.75, 3.05) is 0 Å². The molecule has 2 nitrogen and oxygen atoms in total. The summed E-state index contributed by atoms with van der Waals surface area (Å²) >= 11 is 0. The van der Waals surface area contributed by atoms with Crippen LogP contribution >= 0.6 is 0 Å². The van der Waals surface area contributed by atoms with E-state index in [9.17, 15) is 4.79 Å². The quantitative estimate of drug-likeness (QED) is 0.517. The van der Waals surface area contributed by atoms with Crippen molar-refractivity contribution in [2.45, 2.75) is 39.2 Å². The Morgan fingerprint density at radius 1 is 1.33 bits per heavy atom. The van der Waals surface area contributed by atoms with E-state index in [1.54, 1.807) is 0 Å². The van der Waals surface area contributed by atoms with Crippen LogP contribution in [0.5, 0.6) is 0 Å². The Hall–Kier alpha value is -0.530. The minimum Gasteiger partial charge on any atom is -0.462 e. The van der Waals surface area contributed by atoms with Gasteiger partial charge in [-0.1, -0.05) is 20.3 Å². The molecule has 0 spiro atoms. The number of carbonyl (C=O) groups excluding carboxylic acids is 1. The van der Waals surface area contributed by atoms with Gasteiger partial charge >= 0.3 is 5.97 Å². The maximum Gasteiger partial charge on any atom is 0.309 e. The molecule has 68 valence electrons. The molecular weight excluding hydrogens is 152 g/mol. The van der Waals surface area contributed by atoms with Crippen LogP contribution < -0.4 is 0 Å². The zero-order valence-corrected chi connectivity index (χ0v) is 7.75. The fourth-order valence-corrected chi connectivity index (χ4v) is 2.49. The maximum absolute atomic E-state index is 11.2. The normalized spacial score (nSPS) is 47.0. The highest BCUT2D eigenvalue weighted by molar-refractivity contribution is 5.74. The molecule has 1 heterocycles. The fourth-order valence-electron chi connectivity index (χ4n) is 2.49. The summed E-state index contributed by atoms with van der Waals surface area (Å²) in [5, 5.41) is 0. The second-order valence-corrected chi connectivity index (χ2v) is 4.35. The van der Waals surface area contributed by atoms with Gasteiger partial charge in [0.2, 0.25) is 0 Å². The molecule has 1 saturated heterocycles. The highest BCUT2D eigenvalue weighted by Crippen LogP contribution is 2.40. The van der Waals surface area contributed by atoms with E-state index < -0.39 is 0 Å². The van der Waals surface area contributed by atoms with Crippen LogP contribution in [0.3, 0.4) is 0 Å². The first-order valence-corrected chi connectivity index (χ1v) is 4.89. The van der Waals surface area contributed by atoms with Gasteiger partial charge < -0.3 is 4.74 Å². The minimum atomic E-state index is 0.0269. The average Bonchev–Trinajstić information content (AvgIpc) is 2.28. The summed E-state index contributed by atoms with van der Waals surface area (Å²) in [4.78, 5) is 11.2. The molecule has 0 aromatic carbocycles. The van der Waals surface area contributed by atoms with Gasteiger partial charge in [0.15, 0.2) is 0 Å². The summed E-state index contributed by atoms with van der Waals surface area (Å²) in [5.41, 5.74) is 0. The van der Waals surface area contributed by atoms with Crippen LogP contribution in [-0.2, 0) is 9.53 Å². The zero-order chi connectivity index (χ0) is 8.72. The van der Waals surface area contributed by atoms with E-state index in [-0.39, 0.29) is 18.0 Å². The lowest BCUT2D eigenvalue weighted by molar-refractivity contribution is -0.144. The predicted octanol–water partition coefficient (Wildman–Crippen LogP) is 1.98. The molecule has 1 aliphatic heterocycles. The average molecular weight is 168 g/mol. The second kappa shape index (κ2) is 2.75. The van der Waals surface area contributed by atoms with E-state index in [1.165, 1.54) is 12.8 Å². The van der Waals surface area contributed by atoms with E-state index in [0.29, 0.717) is 5.92 Å². The molecule has 0 bridgehead atoms. The molecule has 2 aliphatic rings. The van der Waals surface area contributed by atoms with Crippen molar-refractivity contribution in [1.29, 1.82) is 0 Å². The van der Waals surface area contributed by atoms with Crippen LogP contribution in [0.15, 0.2) is 0 Å². The third-order valence-corrected chi connectivity index (χ3v) is 3.39. The highest BCUT2D eigenvalue weighted by Gasteiger charge is 2.43. The Morgan fingerprint density at radius 3 is 2.83 bits per heavy atom. The van der Waals surface area contributed by atoms with Crippen LogP contribution in [-0.4, -0.2) is 12.1 Å². The number of hydrogen-bond donors (Lipinski definition) is 0. The third kappa shape index (κ3) is 1.13. The summed E-state index contributed by atoms with van der Waals surface area (Å²) in [6.07, 6.45) is 3.78. The van der Waals surface area contributed by atoms with Gasteiger partial charge in [-0.2, -0.15) is 0 Å². The molecule has 1 saturated carbocycles. The molecule has 2 rings (SSSR count). The lowest BCUT2D eigenvalue weighted by atomic mass is 9.77. The van der Waals surface area contributed by atoms with Gasteiger partial charge in [0.05, 0.1) is 5.92 Å². The Balaban J connectivity index is 2.09. The van der Waals surface area contributed by atoms with Crippen molar-refractivity contribution in [1.82, 2.24) is 0 Å². The van der Waals surface area contributed by atoms with Gasteiger partial charge in [0.1, 0.15) is 6.10 Å². The Labute approximate surface area is 73.3 Å². The van der Waals surface area contributed by atoms with Crippen molar-refractivity contribution in [2.24, 2.45) is 17.8 Å². The van der Waals surface area contributed by atoms with Crippen LogP contribution in [0.4, 0.5) is 0 Å². The SMILES string of the molecule is C[C@@H]1CC[C@@H]2[C@H](C1)OC(=O)[C@H]2C. The minimum absolute atomic E-state index is 0.0269. The molecule has 0 amide bonds. The van der Waals surface area contributed by atoms with E-state index in [4.69, 9.17) is 4.74 Å². The Kier molecular flexibility index (Phi) is 1.85. The second-order valence-electron chi connectivity index (χ2n) is 4.35. The summed E-state index contributed by atoms with van der Waals surface area (Å²) in [6.45, 7) is 4.25. The molecule has 4 atom stereocenters. The first-order valence-electron chi connectivity index (χ1n) is 4.89. The van der Waals surface area contributed by atoms with Gasteiger partial charge in [-0.3, -0.25) is 4.79 Å². The largest absolute Gasteiger partial charge is 0.462 e. The molecule has 2 heteroatoms. The molecule has 1 aliphatic carbocycles. The van der Waals surface area contributed by atoms with Crippen molar-refractivity contribution in [3.8, 4) is 0 Å². The van der Waals surface area contributed by atoms with E-state index in [2.05, 4.69) is 6.92 Å². The van der Waals surface area contributed by atoms with Crippen LogP contribution in [0, 0.1) is 17.8 Å². The van der Waals surface area contributed by atoms with Crippen LogP contribution in [0.25, 0.3) is 0 Å². The summed E-state index contributed by atoms with van der Waals surface area (Å²) < 4.78 is 5.31. The maximum atomic E-state index is 11.2. The molecule has 0 N–H and O–H groups in total. The number of ether oxygens (including phenoxy) is 1. The zero-order valence-electron chi connectivity index (χ0n) is 7.75. The topological polar surface area (TPSA) is 26.3 Å². The smallest absolute Gasteiger partial charge is 0.309 e.